The van der Waals surface area contributed by atoms with Gasteiger partial charge >= 0.3 is 0 Å². The topological polar surface area (TPSA) is 73.7 Å². The number of aromatic hydroxyl groups is 1. The number of aliphatic hydroxyl groups excluding tert-OH is 1. The molecule has 2 heterocycles. The molecule has 0 aliphatic carbocycles. The summed E-state index contributed by atoms with van der Waals surface area (Å²) in [4.78, 5) is 17.9. The molecule has 1 fully saturated rings. The van der Waals surface area contributed by atoms with Crippen molar-refractivity contribution in [3.05, 3.63) is 59.7 Å². The summed E-state index contributed by atoms with van der Waals surface area (Å²) >= 11 is 0. The van der Waals surface area contributed by atoms with Crippen molar-refractivity contribution in [3.63, 3.8) is 0 Å². The van der Waals surface area contributed by atoms with Crippen LogP contribution < -0.4 is 0 Å². The largest absolute Gasteiger partial charge is 0.506 e. The summed E-state index contributed by atoms with van der Waals surface area (Å²) in [5, 5.41) is 19.3. The molecule has 1 saturated heterocycles. The second-order valence-corrected chi connectivity index (χ2v) is 5.35. The van der Waals surface area contributed by atoms with Crippen molar-refractivity contribution in [2.24, 2.45) is 0 Å². The predicted molar refractivity (Wildman–Crippen MR) is 76.7 cm³/mol. The van der Waals surface area contributed by atoms with E-state index in [1.165, 1.54) is 35.5 Å². The van der Waals surface area contributed by atoms with Crippen LogP contribution >= 0.6 is 0 Å². The number of nitrogens with zero attached hydrogens (tertiary/aromatic N) is 2. The molecule has 2 aromatic rings. The van der Waals surface area contributed by atoms with Crippen LogP contribution in [-0.4, -0.2) is 38.7 Å². The van der Waals surface area contributed by atoms with Crippen molar-refractivity contribution in [1.29, 1.82) is 0 Å². The molecule has 6 heteroatoms. The number of amides is 1. The fourth-order valence-electron chi connectivity index (χ4n) is 2.75. The van der Waals surface area contributed by atoms with Gasteiger partial charge in [0.1, 0.15) is 11.6 Å². The fourth-order valence-corrected chi connectivity index (χ4v) is 2.75. The molecule has 114 valence electrons. The quantitative estimate of drug-likeness (QED) is 0.888. The summed E-state index contributed by atoms with van der Waals surface area (Å²) in [6.07, 6.45) is 2.37. The van der Waals surface area contributed by atoms with Crippen LogP contribution in [0, 0.1) is 5.82 Å². The van der Waals surface area contributed by atoms with E-state index in [0.717, 1.165) is 5.56 Å². The summed E-state index contributed by atoms with van der Waals surface area (Å²) in [7, 11) is 0. The van der Waals surface area contributed by atoms with Crippen LogP contribution in [0.3, 0.4) is 0 Å². The number of rotatable bonds is 2. The van der Waals surface area contributed by atoms with Crippen molar-refractivity contribution < 1.29 is 19.4 Å². The van der Waals surface area contributed by atoms with Crippen LogP contribution in [0.4, 0.5) is 4.39 Å². The molecule has 1 aromatic carbocycles. The van der Waals surface area contributed by atoms with Crippen LogP contribution in [0.25, 0.3) is 0 Å². The third-order valence-corrected chi connectivity index (χ3v) is 3.77. The monoisotopic (exact) mass is 302 g/mol. The summed E-state index contributed by atoms with van der Waals surface area (Å²) in [5.41, 5.74) is 1.01. The zero-order valence-electron chi connectivity index (χ0n) is 11.7. The van der Waals surface area contributed by atoms with E-state index in [-0.39, 0.29) is 35.6 Å². The predicted octanol–water partition coefficient (Wildman–Crippen LogP) is 1.87. The van der Waals surface area contributed by atoms with Gasteiger partial charge in [0.15, 0.2) is 0 Å². The average molecular weight is 302 g/mol. The van der Waals surface area contributed by atoms with Crippen LogP contribution in [0.5, 0.6) is 5.75 Å². The minimum absolute atomic E-state index is 0.0936. The summed E-state index contributed by atoms with van der Waals surface area (Å²) in [6.45, 7) is 0.191. The first-order valence-electron chi connectivity index (χ1n) is 6.93. The van der Waals surface area contributed by atoms with Gasteiger partial charge in [-0.1, -0.05) is 12.1 Å². The van der Waals surface area contributed by atoms with Gasteiger partial charge in [0.2, 0.25) is 0 Å². The van der Waals surface area contributed by atoms with Gasteiger partial charge in [0.25, 0.3) is 5.91 Å². The second-order valence-electron chi connectivity index (χ2n) is 5.35. The number of carbonyl (C=O) groups is 1. The molecule has 1 amide bonds. The molecular weight excluding hydrogens is 287 g/mol. The van der Waals surface area contributed by atoms with E-state index in [1.54, 1.807) is 12.1 Å². The third-order valence-electron chi connectivity index (χ3n) is 3.77. The van der Waals surface area contributed by atoms with Crippen LogP contribution in [0.1, 0.15) is 28.4 Å². The van der Waals surface area contributed by atoms with Gasteiger partial charge in [-0.3, -0.25) is 9.78 Å². The Hall–Kier alpha value is -2.47. The zero-order chi connectivity index (χ0) is 15.7. The second kappa shape index (κ2) is 5.73. The van der Waals surface area contributed by atoms with Crippen molar-refractivity contribution in [2.75, 3.05) is 6.54 Å². The van der Waals surface area contributed by atoms with Crippen LogP contribution in [0.15, 0.2) is 42.7 Å². The molecule has 22 heavy (non-hydrogen) atoms. The number of aliphatic hydroxyl groups is 1. The molecule has 1 aromatic heterocycles. The van der Waals surface area contributed by atoms with Crippen molar-refractivity contribution in [2.45, 2.75) is 18.6 Å². The van der Waals surface area contributed by atoms with Gasteiger partial charge < -0.3 is 15.1 Å². The van der Waals surface area contributed by atoms with Gasteiger partial charge in [-0.2, -0.15) is 0 Å². The molecule has 0 saturated carbocycles. The number of aromatic nitrogens is 1. The molecule has 2 unspecified atom stereocenters. The average Bonchev–Trinajstić information content (AvgIpc) is 2.89. The Morgan fingerprint density at radius 2 is 2.00 bits per heavy atom. The van der Waals surface area contributed by atoms with E-state index in [2.05, 4.69) is 4.98 Å². The number of benzene rings is 1. The van der Waals surface area contributed by atoms with Gasteiger partial charge in [-0.15, -0.1) is 0 Å². The van der Waals surface area contributed by atoms with E-state index < -0.39 is 6.10 Å². The molecule has 1 aliphatic heterocycles. The van der Waals surface area contributed by atoms with Gasteiger partial charge in [-0.25, -0.2) is 4.39 Å². The van der Waals surface area contributed by atoms with Crippen LogP contribution in [0.2, 0.25) is 0 Å². The lowest BCUT2D eigenvalue weighted by Crippen LogP contribution is -2.31. The van der Waals surface area contributed by atoms with Crippen molar-refractivity contribution >= 4 is 5.91 Å². The molecular formula is C16H15FN2O3. The standard InChI is InChI=1S/C16H15FN2O3/c17-12-3-1-10(2-4-12)15-6-14(21)9-19(15)16(22)11-5-13(20)8-18-7-11/h1-5,7-8,14-15,20-21H,6,9H2. The van der Waals surface area contributed by atoms with Gasteiger partial charge in [0, 0.05) is 12.7 Å². The smallest absolute Gasteiger partial charge is 0.256 e. The highest BCUT2D eigenvalue weighted by Crippen LogP contribution is 2.33. The highest BCUT2D eigenvalue weighted by atomic mass is 19.1. The third kappa shape index (κ3) is 2.78. The minimum Gasteiger partial charge on any atom is -0.506 e. The maximum atomic E-state index is 13.0. The number of hydrogen-bond acceptors (Lipinski definition) is 4. The van der Waals surface area contributed by atoms with E-state index >= 15 is 0 Å². The van der Waals surface area contributed by atoms with Crippen molar-refractivity contribution in [3.8, 4) is 5.75 Å². The Morgan fingerprint density at radius 3 is 2.68 bits per heavy atom. The van der Waals surface area contributed by atoms with E-state index in [0.29, 0.717) is 6.42 Å². The molecule has 5 nitrogen and oxygen atoms in total. The fraction of sp³-hybridized carbons (Fsp3) is 0.250. The Bertz CT molecular complexity index is 690. The molecule has 0 bridgehead atoms. The van der Waals surface area contributed by atoms with E-state index in [9.17, 15) is 19.4 Å². The lowest BCUT2D eigenvalue weighted by Gasteiger charge is -2.24. The Kier molecular flexibility index (Phi) is 3.77. The summed E-state index contributed by atoms with van der Waals surface area (Å²) in [6, 6.07) is 6.89. The lowest BCUT2D eigenvalue weighted by molar-refractivity contribution is 0.0715. The molecule has 2 atom stereocenters. The van der Waals surface area contributed by atoms with Gasteiger partial charge in [-0.05, 0) is 30.2 Å². The Labute approximate surface area is 126 Å². The zero-order valence-corrected chi connectivity index (χ0v) is 11.7. The SMILES string of the molecule is O=C(c1cncc(O)c1)N1CC(O)CC1c1ccc(F)cc1. The summed E-state index contributed by atoms with van der Waals surface area (Å²) in [5.74, 6) is -0.768. The van der Waals surface area contributed by atoms with Crippen molar-refractivity contribution in [1.82, 2.24) is 9.88 Å². The molecule has 3 rings (SSSR count). The lowest BCUT2D eigenvalue weighted by atomic mass is 10.0. The minimum atomic E-state index is -0.635. The number of halogens is 1. The molecule has 0 spiro atoms. The Morgan fingerprint density at radius 1 is 1.27 bits per heavy atom. The normalized spacial score (nSPS) is 21.1. The maximum absolute atomic E-state index is 13.0. The first kappa shape index (κ1) is 14.5. The van der Waals surface area contributed by atoms with E-state index in [1.807, 2.05) is 0 Å². The first-order valence-corrected chi connectivity index (χ1v) is 6.93. The van der Waals surface area contributed by atoms with E-state index in [4.69, 9.17) is 0 Å². The first-order chi connectivity index (χ1) is 10.5. The number of carbonyl (C=O) groups excluding carboxylic acids is 1. The number of hydrogen-bond donors (Lipinski definition) is 2. The molecule has 0 radical (unpaired) electrons. The highest BCUT2D eigenvalue weighted by Gasteiger charge is 2.35. The molecule has 1 aliphatic rings. The number of β-amino-alcohol motifs (C(OH)–C–C–N with tert-alkyl or cyclic N) is 1. The summed E-state index contributed by atoms with van der Waals surface area (Å²) < 4.78 is 13.0. The maximum Gasteiger partial charge on any atom is 0.256 e. The number of likely N-dealkylation sites (tertiary alicyclic amines) is 1. The van der Waals surface area contributed by atoms with Gasteiger partial charge in [0.05, 0.1) is 23.9 Å². The highest BCUT2D eigenvalue weighted by molar-refractivity contribution is 5.94. The molecule has 2 N–H and O–H groups in total. The van der Waals surface area contributed by atoms with Crippen LogP contribution in [-0.2, 0) is 0 Å². The number of pyridine rings is 1. The Balaban J connectivity index is 1.90.